The Bertz CT molecular complexity index is 2560. The van der Waals surface area contributed by atoms with Crippen molar-refractivity contribution in [3.05, 3.63) is 194 Å². The molecule has 9 rings (SSSR count). The summed E-state index contributed by atoms with van der Waals surface area (Å²) in [6, 6.07) is 68.1. The van der Waals surface area contributed by atoms with Gasteiger partial charge in [-0.1, -0.05) is 146 Å². The highest BCUT2D eigenvalue weighted by Crippen LogP contribution is 2.43. The molecule has 50 heavy (non-hydrogen) atoms. The fourth-order valence-electron chi connectivity index (χ4n) is 6.84. The van der Waals surface area contributed by atoms with E-state index in [0.29, 0.717) is 5.89 Å². The van der Waals surface area contributed by atoms with Crippen LogP contribution in [0.2, 0.25) is 0 Å². The van der Waals surface area contributed by atoms with E-state index in [1.54, 1.807) is 0 Å². The molecular weight excluding hydrogens is 609 g/mol. The molecule has 0 radical (unpaired) electrons. The summed E-state index contributed by atoms with van der Waals surface area (Å²) in [6.07, 6.45) is 0. The molecule has 0 atom stereocenters. The molecule has 3 nitrogen and oxygen atoms in total. The first kappa shape index (κ1) is 29.4. The molecule has 0 aliphatic carbocycles. The maximum absolute atomic E-state index is 6.55. The van der Waals surface area contributed by atoms with Crippen LogP contribution in [0.15, 0.2) is 199 Å². The second kappa shape index (κ2) is 12.7. The zero-order valence-corrected chi connectivity index (χ0v) is 27.3. The molecule has 0 amide bonds. The van der Waals surface area contributed by atoms with E-state index in [4.69, 9.17) is 9.40 Å². The standard InChI is InChI=1S/C47H32N2O/c1-4-14-33(15-5-1)34-24-28-39(29-25-34)49(44-23-13-12-21-41(44)35-16-6-2-7-17-35)40-30-26-36(27-31-40)43-32-38-20-10-11-22-42(38)45-46(43)50-47(48-45)37-18-8-3-9-19-37/h1-32H. The normalized spacial score (nSPS) is 11.2. The van der Waals surface area contributed by atoms with Gasteiger partial charge in [0.15, 0.2) is 5.58 Å². The van der Waals surface area contributed by atoms with Crippen LogP contribution in [0, 0.1) is 0 Å². The molecule has 1 heterocycles. The van der Waals surface area contributed by atoms with Crippen LogP contribution in [0.3, 0.4) is 0 Å². The minimum absolute atomic E-state index is 0.623. The Morgan fingerprint density at radius 3 is 1.58 bits per heavy atom. The number of benzene rings is 8. The smallest absolute Gasteiger partial charge is 0.227 e. The van der Waals surface area contributed by atoms with Crippen LogP contribution in [-0.2, 0) is 0 Å². The van der Waals surface area contributed by atoms with Crippen molar-refractivity contribution in [3.8, 4) is 44.8 Å². The van der Waals surface area contributed by atoms with Gasteiger partial charge < -0.3 is 9.32 Å². The maximum Gasteiger partial charge on any atom is 0.227 e. The van der Waals surface area contributed by atoms with Crippen LogP contribution in [0.1, 0.15) is 0 Å². The molecule has 9 aromatic rings. The highest BCUT2D eigenvalue weighted by Gasteiger charge is 2.20. The van der Waals surface area contributed by atoms with Crippen molar-refractivity contribution >= 4 is 38.9 Å². The van der Waals surface area contributed by atoms with Gasteiger partial charge in [-0.25, -0.2) is 4.98 Å². The molecule has 0 spiro atoms. The first-order valence-electron chi connectivity index (χ1n) is 16.9. The molecule has 0 saturated carbocycles. The van der Waals surface area contributed by atoms with Crippen LogP contribution in [0.25, 0.3) is 66.7 Å². The Morgan fingerprint density at radius 1 is 0.400 bits per heavy atom. The van der Waals surface area contributed by atoms with Gasteiger partial charge >= 0.3 is 0 Å². The van der Waals surface area contributed by atoms with Gasteiger partial charge in [0.25, 0.3) is 0 Å². The second-order valence-corrected chi connectivity index (χ2v) is 12.4. The zero-order valence-electron chi connectivity index (χ0n) is 27.3. The van der Waals surface area contributed by atoms with Crippen molar-refractivity contribution in [2.24, 2.45) is 0 Å². The van der Waals surface area contributed by atoms with Crippen molar-refractivity contribution < 1.29 is 4.42 Å². The van der Waals surface area contributed by atoms with E-state index < -0.39 is 0 Å². The molecule has 0 aliphatic rings. The molecule has 0 bridgehead atoms. The summed E-state index contributed by atoms with van der Waals surface area (Å²) in [6.45, 7) is 0. The van der Waals surface area contributed by atoms with E-state index in [0.717, 1.165) is 61.2 Å². The number of hydrogen-bond acceptors (Lipinski definition) is 3. The SMILES string of the molecule is c1ccc(-c2ccc(N(c3ccc(-c4cc5ccccc5c5nc(-c6ccccc6)oc45)cc3)c3ccccc3-c3ccccc3)cc2)cc1. The second-order valence-electron chi connectivity index (χ2n) is 12.4. The van der Waals surface area contributed by atoms with E-state index in [1.165, 1.54) is 16.7 Å². The lowest BCUT2D eigenvalue weighted by Gasteiger charge is -2.28. The van der Waals surface area contributed by atoms with Crippen LogP contribution < -0.4 is 4.90 Å². The summed E-state index contributed by atoms with van der Waals surface area (Å²) >= 11 is 0. The minimum Gasteiger partial charge on any atom is -0.435 e. The number of oxazole rings is 1. The monoisotopic (exact) mass is 640 g/mol. The van der Waals surface area contributed by atoms with E-state index in [1.807, 2.05) is 30.3 Å². The average Bonchev–Trinajstić information content (AvgIpc) is 3.66. The summed E-state index contributed by atoms with van der Waals surface area (Å²) in [5.74, 6) is 0.623. The predicted molar refractivity (Wildman–Crippen MR) is 208 cm³/mol. The molecule has 1 aromatic heterocycles. The quantitative estimate of drug-likeness (QED) is 0.174. The topological polar surface area (TPSA) is 29.3 Å². The minimum atomic E-state index is 0.623. The van der Waals surface area contributed by atoms with Crippen LogP contribution in [0.5, 0.6) is 0 Å². The van der Waals surface area contributed by atoms with Crippen LogP contribution in [0.4, 0.5) is 17.1 Å². The Labute approximate surface area is 291 Å². The van der Waals surface area contributed by atoms with Gasteiger partial charge in [-0.3, -0.25) is 0 Å². The molecule has 0 saturated heterocycles. The zero-order chi connectivity index (χ0) is 33.3. The lowest BCUT2D eigenvalue weighted by Crippen LogP contribution is -2.11. The van der Waals surface area contributed by atoms with Crippen molar-refractivity contribution in [1.82, 2.24) is 4.98 Å². The highest BCUT2D eigenvalue weighted by molar-refractivity contribution is 6.10. The molecule has 236 valence electrons. The van der Waals surface area contributed by atoms with E-state index in [-0.39, 0.29) is 0 Å². The first-order chi connectivity index (χ1) is 24.8. The number of aromatic nitrogens is 1. The van der Waals surface area contributed by atoms with Crippen molar-refractivity contribution in [3.63, 3.8) is 0 Å². The average molecular weight is 641 g/mol. The third kappa shape index (κ3) is 5.41. The van der Waals surface area contributed by atoms with E-state index >= 15 is 0 Å². The first-order valence-corrected chi connectivity index (χ1v) is 16.9. The van der Waals surface area contributed by atoms with Crippen molar-refractivity contribution in [2.45, 2.75) is 0 Å². The van der Waals surface area contributed by atoms with Gasteiger partial charge in [-0.15, -0.1) is 0 Å². The highest BCUT2D eigenvalue weighted by atomic mass is 16.3. The van der Waals surface area contributed by atoms with Crippen LogP contribution in [-0.4, -0.2) is 4.98 Å². The van der Waals surface area contributed by atoms with E-state index in [9.17, 15) is 0 Å². The summed E-state index contributed by atoms with van der Waals surface area (Å²) in [5, 5.41) is 2.21. The lowest BCUT2D eigenvalue weighted by atomic mass is 9.98. The summed E-state index contributed by atoms with van der Waals surface area (Å²) < 4.78 is 6.55. The molecule has 0 aliphatic heterocycles. The molecule has 0 N–H and O–H groups in total. The lowest BCUT2D eigenvalue weighted by molar-refractivity contribution is 0.621. The van der Waals surface area contributed by atoms with Gasteiger partial charge in [-0.2, -0.15) is 0 Å². The van der Waals surface area contributed by atoms with Gasteiger partial charge in [0.05, 0.1) is 5.69 Å². The number of hydrogen-bond donors (Lipinski definition) is 0. The maximum atomic E-state index is 6.55. The molecule has 0 unspecified atom stereocenters. The molecule has 0 fully saturated rings. The summed E-state index contributed by atoms with van der Waals surface area (Å²) in [5.41, 5.74) is 12.7. The number of fused-ring (bicyclic) bond motifs is 3. The predicted octanol–water partition coefficient (Wildman–Crippen LogP) is 13.1. The Balaban J connectivity index is 1.18. The Hall–Kier alpha value is -6.71. The van der Waals surface area contributed by atoms with Gasteiger partial charge in [0.1, 0.15) is 5.52 Å². The summed E-state index contributed by atoms with van der Waals surface area (Å²) in [7, 11) is 0. The van der Waals surface area contributed by atoms with Crippen LogP contribution >= 0.6 is 0 Å². The summed E-state index contributed by atoms with van der Waals surface area (Å²) in [4.78, 5) is 7.36. The number of anilines is 3. The fraction of sp³-hybridized carbons (Fsp3) is 0. The van der Waals surface area contributed by atoms with Gasteiger partial charge in [0, 0.05) is 33.5 Å². The van der Waals surface area contributed by atoms with Gasteiger partial charge in [-0.05, 0) is 76.2 Å². The van der Waals surface area contributed by atoms with E-state index in [2.05, 4.69) is 169 Å². The number of para-hydroxylation sites is 1. The molecular formula is C47H32N2O. The number of rotatable bonds is 7. The third-order valence-corrected chi connectivity index (χ3v) is 9.31. The molecule has 8 aromatic carbocycles. The van der Waals surface area contributed by atoms with Crippen molar-refractivity contribution in [2.75, 3.05) is 4.90 Å². The largest absolute Gasteiger partial charge is 0.435 e. The fourth-order valence-corrected chi connectivity index (χ4v) is 6.84. The van der Waals surface area contributed by atoms with Crippen molar-refractivity contribution in [1.29, 1.82) is 0 Å². The Morgan fingerprint density at radius 2 is 0.900 bits per heavy atom. The number of nitrogens with zero attached hydrogens (tertiary/aromatic N) is 2. The third-order valence-electron chi connectivity index (χ3n) is 9.31. The molecule has 3 heteroatoms. The van der Waals surface area contributed by atoms with Gasteiger partial charge in [0.2, 0.25) is 5.89 Å². The Kier molecular flexibility index (Phi) is 7.49.